The Balaban J connectivity index is 1.51. The second-order valence-electron chi connectivity index (χ2n) is 6.29. The van der Waals surface area contributed by atoms with Gasteiger partial charge in [-0.25, -0.2) is 4.68 Å². The molecule has 0 spiro atoms. The first-order chi connectivity index (χ1) is 12.1. The Morgan fingerprint density at radius 3 is 2.72 bits per heavy atom. The highest BCUT2D eigenvalue weighted by atomic mass is 16.3. The summed E-state index contributed by atoms with van der Waals surface area (Å²) in [6, 6.07) is 9.23. The molecule has 1 aliphatic rings. The van der Waals surface area contributed by atoms with E-state index >= 15 is 0 Å². The van der Waals surface area contributed by atoms with Crippen LogP contribution in [0.1, 0.15) is 28.2 Å². The lowest BCUT2D eigenvalue weighted by atomic mass is 10.00. The quantitative estimate of drug-likeness (QED) is 0.743. The maximum absolute atomic E-state index is 12.7. The number of aliphatic hydroxyl groups is 1. The molecule has 1 saturated heterocycles. The molecule has 1 aliphatic heterocycles. The van der Waals surface area contributed by atoms with Crippen molar-refractivity contribution in [3.8, 4) is 5.69 Å². The summed E-state index contributed by atoms with van der Waals surface area (Å²) in [5.41, 5.74) is 1.83. The molecule has 1 amide bonds. The van der Waals surface area contributed by atoms with E-state index in [1.165, 1.54) is 6.20 Å². The molecule has 0 saturated carbocycles. The summed E-state index contributed by atoms with van der Waals surface area (Å²) < 4.78 is 1.81. The van der Waals surface area contributed by atoms with Gasteiger partial charge in [-0.15, -0.1) is 0 Å². The molecule has 0 bridgehead atoms. The average molecular weight is 338 g/mol. The summed E-state index contributed by atoms with van der Waals surface area (Å²) in [5, 5.41) is 25.1. The highest BCUT2D eigenvalue weighted by Gasteiger charge is 2.41. The minimum atomic E-state index is -1.14. The summed E-state index contributed by atoms with van der Waals surface area (Å²) in [7, 11) is 0. The SMILES string of the molecule is Cc1ccnn1-c1ccc(C(=O)N2CCC(O)(c3cn[nH]n3)C2)cc1. The molecular weight excluding hydrogens is 320 g/mol. The van der Waals surface area contributed by atoms with Crippen molar-refractivity contribution in [2.75, 3.05) is 13.1 Å². The van der Waals surface area contributed by atoms with E-state index in [1.807, 2.05) is 29.8 Å². The maximum atomic E-state index is 12.7. The summed E-state index contributed by atoms with van der Waals surface area (Å²) in [4.78, 5) is 14.4. The Hall–Kier alpha value is -3.00. The number of rotatable bonds is 3. The third-order valence-corrected chi connectivity index (χ3v) is 4.62. The van der Waals surface area contributed by atoms with Crippen molar-refractivity contribution in [3.63, 3.8) is 0 Å². The van der Waals surface area contributed by atoms with Crippen LogP contribution < -0.4 is 0 Å². The molecular formula is C17H18N6O2. The molecule has 1 unspecified atom stereocenters. The third-order valence-electron chi connectivity index (χ3n) is 4.62. The minimum Gasteiger partial charge on any atom is -0.381 e. The number of carbonyl (C=O) groups excluding carboxylic acids is 1. The Morgan fingerprint density at radius 1 is 1.28 bits per heavy atom. The van der Waals surface area contributed by atoms with Crippen LogP contribution in [0.5, 0.6) is 0 Å². The molecule has 0 aliphatic carbocycles. The molecule has 4 rings (SSSR count). The van der Waals surface area contributed by atoms with Gasteiger partial charge in [0.2, 0.25) is 0 Å². The van der Waals surface area contributed by atoms with Gasteiger partial charge in [0.15, 0.2) is 0 Å². The van der Waals surface area contributed by atoms with Gasteiger partial charge in [-0.3, -0.25) is 4.79 Å². The van der Waals surface area contributed by atoms with Crippen LogP contribution >= 0.6 is 0 Å². The average Bonchev–Trinajstić information content (AvgIpc) is 3.35. The first-order valence-corrected chi connectivity index (χ1v) is 8.06. The monoisotopic (exact) mass is 338 g/mol. The number of nitrogens with zero attached hydrogens (tertiary/aromatic N) is 5. The predicted octanol–water partition coefficient (Wildman–Crippen LogP) is 1.03. The van der Waals surface area contributed by atoms with E-state index in [1.54, 1.807) is 23.2 Å². The first kappa shape index (κ1) is 15.5. The number of benzene rings is 1. The fourth-order valence-electron chi connectivity index (χ4n) is 3.17. The topological polar surface area (TPSA) is 99.9 Å². The molecule has 8 nitrogen and oxygen atoms in total. The van der Waals surface area contributed by atoms with E-state index < -0.39 is 5.60 Å². The molecule has 1 fully saturated rings. The van der Waals surface area contributed by atoms with Gasteiger partial charge in [-0.2, -0.15) is 20.5 Å². The van der Waals surface area contributed by atoms with E-state index in [4.69, 9.17) is 0 Å². The molecule has 128 valence electrons. The van der Waals surface area contributed by atoms with Crippen LogP contribution in [-0.4, -0.2) is 54.2 Å². The lowest BCUT2D eigenvalue weighted by Crippen LogP contribution is -2.34. The second-order valence-corrected chi connectivity index (χ2v) is 6.29. The van der Waals surface area contributed by atoms with Crippen molar-refractivity contribution in [2.24, 2.45) is 0 Å². The number of aromatic nitrogens is 5. The number of likely N-dealkylation sites (tertiary alicyclic amines) is 1. The van der Waals surface area contributed by atoms with Gasteiger partial charge in [0.25, 0.3) is 5.91 Å². The van der Waals surface area contributed by atoms with Gasteiger partial charge < -0.3 is 10.0 Å². The zero-order chi connectivity index (χ0) is 17.4. The van der Waals surface area contributed by atoms with Gasteiger partial charge in [-0.05, 0) is 37.3 Å². The molecule has 25 heavy (non-hydrogen) atoms. The number of hydrogen-bond donors (Lipinski definition) is 2. The number of β-amino-alcohol motifs (C(OH)–C–C–N with tert-alkyl or cyclic N) is 1. The van der Waals surface area contributed by atoms with Crippen LogP contribution in [-0.2, 0) is 5.60 Å². The fraction of sp³-hybridized carbons (Fsp3) is 0.294. The smallest absolute Gasteiger partial charge is 0.253 e. The number of nitrogens with one attached hydrogen (secondary N) is 1. The van der Waals surface area contributed by atoms with Crippen LogP contribution in [0.2, 0.25) is 0 Å². The van der Waals surface area contributed by atoms with Crippen LogP contribution in [0.15, 0.2) is 42.7 Å². The van der Waals surface area contributed by atoms with Crippen LogP contribution in [0.3, 0.4) is 0 Å². The fourth-order valence-corrected chi connectivity index (χ4v) is 3.17. The number of aromatic amines is 1. The number of amides is 1. The standard InChI is InChI=1S/C17H18N6O2/c1-12-6-8-19-23(12)14-4-2-13(3-5-14)16(24)22-9-7-17(25,11-22)15-10-18-21-20-15/h2-6,8,10,25H,7,9,11H2,1H3,(H,18,20,21). The van der Waals surface area contributed by atoms with Crippen LogP contribution in [0, 0.1) is 6.92 Å². The number of carbonyl (C=O) groups is 1. The second kappa shape index (κ2) is 5.82. The largest absolute Gasteiger partial charge is 0.381 e. The van der Waals surface area contributed by atoms with E-state index in [0.29, 0.717) is 24.2 Å². The van der Waals surface area contributed by atoms with Crippen molar-refractivity contribution in [3.05, 3.63) is 59.7 Å². The van der Waals surface area contributed by atoms with E-state index in [2.05, 4.69) is 20.5 Å². The van der Waals surface area contributed by atoms with Crippen molar-refractivity contribution < 1.29 is 9.90 Å². The lowest BCUT2D eigenvalue weighted by Gasteiger charge is -2.21. The molecule has 2 N–H and O–H groups in total. The predicted molar refractivity (Wildman–Crippen MR) is 89.1 cm³/mol. The Labute approximate surface area is 144 Å². The van der Waals surface area contributed by atoms with Gasteiger partial charge in [-0.1, -0.05) is 0 Å². The minimum absolute atomic E-state index is 0.108. The molecule has 2 aromatic heterocycles. The van der Waals surface area contributed by atoms with E-state index in [9.17, 15) is 9.90 Å². The Morgan fingerprint density at radius 2 is 2.08 bits per heavy atom. The van der Waals surface area contributed by atoms with Crippen molar-refractivity contribution >= 4 is 5.91 Å². The van der Waals surface area contributed by atoms with Crippen molar-refractivity contribution in [1.82, 2.24) is 30.1 Å². The summed E-state index contributed by atoms with van der Waals surface area (Å²) >= 11 is 0. The zero-order valence-corrected chi connectivity index (χ0v) is 13.8. The molecule has 1 atom stereocenters. The third kappa shape index (κ3) is 2.70. The van der Waals surface area contributed by atoms with Gasteiger partial charge in [0, 0.05) is 30.4 Å². The van der Waals surface area contributed by atoms with E-state index in [0.717, 1.165) is 11.4 Å². The van der Waals surface area contributed by atoms with Gasteiger partial charge in [0.1, 0.15) is 11.3 Å². The molecule has 1 aromatic carbocycles. The Kier molecular flexibility index (Phi) is 3.61. The molecule has 8 heteroatoms. The summed E-state index contributed by atoms with van der Waals surface area (Å²) in [6.45, 7) is 2.65. The zero-order valence-electron chi connectivity index (χ0n) is 13.8. The maximum Gasteiger partial charge on any atom is 0.253 e. The normalized spacial score (nSPS) is 20.2. The van der Waals surface area contributed by atoms with Gasteiger partial charge >= 0.3 is 0 Å². The number of hydrogen-bond acceptors (Lipinski definition) is 5. The van der Waals surface area contributed by atoms with Crippen LogP contribution in [0.25, 0.3) is 5.69 Å². The molecule has 0 radical (unpaired) electrons. The molecule has 3 aromatic rings. The Bertz CT molecular complexity index is 886. The summed E-state index contributed by atoms with van der Waals surface area (Å²) in [6.07, 6.45) is 3.67. The number of aryl methyl sites for hydroxylation is 1. The summed E-state index contributed by atoms with van der Waals surface area (Å²) in [5.74, 6) is -0.108. The van der Waals surface area contributed by atoms with Crippen LogP contribution in [0.4, 0.5) is 0 Å². The lowest BCUT2D eigenvalue weighted by molar-refractivity contribution is 0.0382. The molecule has 3 heterocycles. The number of H-pyrrole nitrogens is 1. The van der Waals surface area contributed by atoms with Crippen molar-refractivity contribution in [2.45, 2.75) is 18.9 Å². The van der Waals surface area contributed by atoms with Crippen molar-refractivity contribution in [1.29, 1.82) is 0 Å². The van der Waals surface area contributed by atoms with Gasteiger partial charge in [0.05, 0.1) is 18.4 Å². The van der Waals surface area contributed by atoms with E-state index in [-0.39, 0.29) is 12.5 Å². The highest BCUT2D eigenvalue weighted by Crippen LogP contribution is 2.31. The first-order valence-electron chi connectivity index (χ1n) is 8.06. The highest BCUT2D eigenvalue weighted by molar-refractivity contribution is 5.94.